The molecule has 21 heavy (non-hydrogen) atoms. The summed E-state index contributed by atoms with van der Waals surface area (Å²) in [5, 5.41) is 23.1. The topological polar surface area (TPSA) is 92.5 Å². The molecule has 2 aromatic rings. The van der Waals surface area contributed by atoms with Crippen molar-refractivity contribution in [3.05, 3.63) is 62.1 Å². The lowest BCUT2D eigenvalue weighted by Crippen LogP contribution is -2.02. The highest BCUT2D eigenvalue weighted by Gasteiger charge is 2.17. The van der Waals surface area contributed by atoms with Gasteiger partial charge >= 0.3 is 5.97 Å². The minimum Gasteiger partial charge on any atom is -0.478 e. The van der Waals surface area contributed by atoms with E-state index in [9.17, 15) is 14.9 Å². The van der Waals surface area contributed by atoms with Gasteiger partial charge in [-0.3, -0.25) is 10.1 Å². The molecule has 0 bridgehead atoms. The van der Waals surface area contributed by atoms with Crippen LogP contribution in [-0.2, 0) is 0 Å². The molecule has 2 rings (SSSR count). The Hall–Kier alpha value is -2.41. The number of nitro benzene ring substituents is 1. The molecule has 0 saturated carbocycles. The maximum absolute atomic E-state index is 11.1. The maximum Gasteiger partial charge on any atom is 0.336 e. The van der Waals surface area contributed by atoms with Gasteiger partial charge in [-0.25, -0.2) is 4.79 Å². The molecule has 108 valence electrons. The van der Waals surface area contributed by atoms with E-state index in [0.717, 1.165) is 0 Å². The Morgan fingerprint density at radius 2 is 2.05 bits per heavy atom. The lowest BCUT2D eigenvalue weighted by atomic mass is 10.1. The fraction of sp³-hybridized carbons (Fsp3) is 0.0714. The van der Waals surface area contributed by atoms with Crippen molar-refractivity contribution in [3.63, 3.8) is 0 Å². The quantitative estimate of drug-likeness (QED) is 0.639. The second-order valence-corrected chi connectivity index (χ2v) is 5.21. The number of carbonyl (C=O) groups is 1. The highest BCUT2D eigenvalue weighted by molar-refractivity contribution is 9.10. The van der Waals surface area contributed by atoms with Gasteiger partial charge in [0.1, 0.15) is 5.69 Å². The van der Waals surface area contributed by atoms with Crippen LogP contribution >= 0.6 is 15.9 Å². The third-order valence-electron chi connectivity index (χ3n) is 2.90. The van der Waals surface area contributed by atoms with Crippen LogP contribution in [0.15, 0.2) is 40.9 Å². The summed E-state index contributed by atoms with van der Waals surface area (Å²) in [6.07, 6.45) is 0. The number of nitrogens with one attached hydrogen (secondary N) is 1. The smallest absolute Gasteiger partial charge is 0.336 e. The summed E-state index contributed by atoms with van der Waals surface area (Å²) in [4.78, 5) is 21.8. The van der Waals surface area contributed by atoms with Crippen molar-refractivity contribution < 1.29 is 14.8 Å². The van der Waals surface area contributed by atoms with Gasteiger partial charge in [-0.15, -0.1) is 0 Å². The number of halogens is 1. The number of rotatable bonds is 4. The van der Waals surface area contributed by atoms with Crippen LogP contribution in [0.4, 0.5) is 17.1 Å². The van der Waals surface area contributed by atoms with E-state index in [4.69, 9.17) is 5.11 Å². The molecule has 2 aromatic carbocycles. The number of hydrogen-bond acceptors (Lipinski definition) is 4. The largest absolute Gasteiger partial charge is 0.478 e. The summed E-state index contributed by atoms with van der Waals surface area (Å²) in [6, 6.07) is 9.55. The van der Waals surface area contributed by atoms with Gasteiger partial charge in [-0.05, 0) is 47.1 Å². The minimum atomic E-state index is -1.08. The Balaban J connectivity index is 2.44. The fourth-order valence-corrected chi connectivity index (χ4v) is 2.34. The molecule has 0 heterocycles. The number of para-hydroxylation sites is 1. The van der Waals surface area contributed by atoms with E-state index in [1.807, 2.05) is 0 Å². The SMILES string of the molecule is Cc1cccc(Nc2ccc(Br)c(C(=O)O)c2)c1[N+](=O)[O-]. The Bertz CT molecular complexity index is 731. The van der Waals surface area contributed by atoms with Gasteiger partial charge in [0.25, 0.3) is 5.69 Å². The van der Waals surface area contributed by atoms with Crippen LogP contribution in [0.5, 0.6) is 0 Å². The summed E-state index contributed by atoms with van der Waals surface area (Å²) in [6.45, 7) is 1.65. The molecule has 0 saturated heterocycles. The predicted molar refractivity (Wildman–Crippen MR) is 82.2 cm³/mol. The van der Waals surface area contributed by atoms with E-state index in [1.165, 1.54) is 6.07 Å². The summed E-state index contributed by atoms with van der Waals surface area (Å²) in [5.41, 5.74) is 1.36. The molecule has 6 nitrogen and oxygen atoms in total. The number of carboxylic acid groups (broad SMARTS) is 1. The molecule has 7 heteroatoms. The fourth-order valence-electron chi connectivity index (χ4n) is 1.92. The van der Waals surface area contributed by atoms with E-state index in [2.05, 4.69) is 21.2 Å². The van der Waals surface area contributed by atoms with Crippen molar-refractivity contribution in [1.82, 2.24) is 0 Å². The van der Waals surface area contributed by atoms with Gasteiger partial charge in [0, 0.05) is 15.7 Å². The molecule has 0 unspecified atom stereocenters. The van der Waals surface area contributed by atoms with Crippen molar-refractivity contribution in [2.24, 2.45) is 0 Å². The van der Waals surface area contributed by atoms with Gasteiger partial charge < -0.3 is 10.4 Å². The van der Waals surface area contributed by atoms with Crippen molar-refractivity contribution >= 4 is 39.0 Å². The van der Waals surface area contributed by atoms with Crippen LogP contribution in [-0.4, -0.2) is 16.0 Å². The van der Waals surface area contributed by atoms with Gasteiger partial charge in [-0.2, -0.15) is 0 Å². The minimum absolute atomic E-state index is 0.0303. The van der Waals surface area contributed by atoms with Crippen LogP contribution < -0.4 is 5.32 Å². The first-order chi connectivity index (χ1) is 9.90. The number of hydrogen-bond donors (Lipinski definition) is 2. The molecule has 0 aliphatic carbocycles. The molecule has 0 fully saturated rings. The number of aromatic carboxylic acids is 1. The molecule has 0 radical (unpaired) electrons. The first kappa shape index (κ1) is 15.0. The number of nitrogens with zero attached hydrogens (tertiary/aromatic N) is 1. The van der Waals surface area contributed by atoms with Crippen LogP contribution in [0.2, 0.25) is 0 Å². The van der Waals surface area contributed by atoms with E-state index in [-0.39, 0.29) is 11.3 Å². The lowest BCUT2D eigenvalue weighted by Gasteiger charge is -2.10. The monoisotopic (exact) mass is 350 g/mol. The molecule has 0 atom stereocenters. The Morgan fingerprint density at radius 1 is 1.33 bits per heavy atom. The second kappa shape index (κ2) is 5.92. The zero-order chi connectivity index (χ0) is 15.6. The highest BCUT2D eigenvalue weighted by atomic mass is 79.9. The Labute approximate surface area is 128 Å². The lowest BCUT2D eigenvalue weighted by molar-refractivity contribution is -0.384. The number of aryl methyl sites for hydroxylation is 1. The van der Waals surface area contributed by atoms with E-state index < -0.39 is 10.9 Å². The summed E-state index contributed by atoms with van der Waals surface area (Å²) >= 11 is 3.15. The van der Waals surface area contributed by atoms with Crippen molar-refractivity contribution in [2.75, 3.05) is 5.32 Å². The van der Waals surface area contributed by atoms with Crippen molar-refractivity contribution in [2.45, 2.75) is 6.92 Å². The van der Waals surface area contributed by atoms with E-state index in [0.29, 0.717) is 21.4 Å². The van der Waals surface area contributed by atoms with E-state index >= 15 is 0 Å². The molecule has 0 amide bonds. The van der Waals surface area contributed by atoms with Crippen LogP contribution in [0.1, 0.15) is 15.9 Å². The highest BCUT2D eigenvalue weighted by Crippen LogP contribution is 2.31. The maximum atomic E-state index is 11.1. The van der Waals surface area contributed by atoms with Gasteiger partial charge in [0.2, 0.25) is 0 Å². The predicted octanol–water partition coefficient (Wildman–Crippen LogP) is 4.11. The first-order valence-corrected chi connectivity index (χ1v) is 6.73. The van der Waals surface area contributed by atoms with Crippen molar-refractivity contribution in [3.8, 4) is 0 Å². The Morgan fingerprint density at radius 3 is 2.67 bits per heavy atom. The Kier molecular flexibility index (Phi) is 4.23. The van der Waals surface area contributed by atoms with Crippen LogP contribution in [0, 0.1) is 17.0 Å². The number of benzene rings is 2. The zero-order valence-electron chi connectivity index (χ0n) is 11.0. The molecule has 2 N–H and O–H groups in total. The normalized spacial score (nSPS) is 10.2. The summed E-state index contributed by atoms with van der Waals surface area (Å²) in [5.74, 6) is -1.08. The van der Waals surface area contributed by atoms with Gasteiger partial charge in [-0.1, -0.05) is 12.1 Å². The van der Waals surface area contributed by atoms with Crippen LogP contribution in [0.3, 0.4) is 0 Å². The number of anilines is 2. The first-order valence-electron chi connectivity index (χ1n) is 5.94. The van der Waals surface area contributed by atoms with Gasteiger partial charge in [0.05, 0.1) is 10.5 Å². The zero-order valence-corrected chi connectivity index (χ0v) is 12.5. The molecule has 0 aliphatic heterocycles. The average Bonchev–Trinajstić information content (AvgIpc) is 2.40. The number of carboxylic acids is 1. The number of nitro groups is 1. The third kappa shape index (κ3) is 3.19. The van der Waals surface area contributed by atoms with E-state index in [1.54, 1.807) is 37.3 Å². The standard InChI is InChI=1S/C14H11BrN2O4/c1-8-3-2-4-12(13(8)17(20)21)16-9-5-6-11(15)10(7-9)14(18)19/h2-7,16H,1H3,(H,18,19). The molecule has 0 spiro atoms. The van der Waals surface area contributed by atoms with Crippen LogP contribution in [0.25, 0.3) is 0 Å². The third-order valence-corrected chi connectivity index (χ3v) is 3.59. The summed E-state index contributed by atoms with van der Waals surface area (Å²) < 4.78 is 0.444. The van der Waals surface area contributed by atoms with Gasteiger partial charge in [0.15, 0.2) is 0 Å². The second-order valence-electron chi connectivity index (χ2n) is 4.35. The molecule has 0 aliphatic rings. The summed E-state index contributed by atoms with van der Waals surface area (Å²) in [7, 11) is 0. The average molecular weight is 351 g/mol. The molecular formula is C14H11BrN2O4. The molecular weight excluding hydrogens is 340 g/mol. The molecule has 0 aromatic heterocycles. The van der Waals surface area contributed by atoms with Crippen molar-refractivity contribution in [1.29, 1.82) is 0 Å².